The number of nitro groups is 1. The average molecular weight is 440 g/mol. The highest BCUT2D eigenvalue weighted by Crippen LogP contribution is 2.29. The molecule has 3 rings (SSSR count). The fourth-order valence-corrected chi connectivity index (χ4v) is 3.22. The first-order valence-corrected chi connectivity index (χ1v) is 9.67. The van der Waals surface area contributed by atoms with Gasteiger partial charge >= 0.3 is 0 Å². The first-order chi connectivity index (χ1) is 13.9. The number of nitrogens with zero attached hydrogens (tertiary/aromatic N) is 2. The number of rotatable bonds is 7. The Morgan fingerprint density at radius 2 is 1.97 bits per heavy atom. The monoisotopic (exact) mass is 439 g/mol. The lowest BCUT2D eigenvalue weighted by Gasteiger charge is -2.26. The van der Waals surface area contributed by atoms with Crippen molar-refractivity contribution in [3.05, 3.63) is 62.1 Å². The van der Waals surface area contributed by atoms with Gasteiger partial charge in [-0.1, -0.05) is 23.2 Å². The van der Waals surface area contributed by atoms with Crippen molar-refractivity contribution in [2.45, 2.75) is 0 Å². The van der Waals surface area contributed by atoms with E-state index in [1.807, 2.05) is 0 Å². The molecule has 29 heavy (non-hydrogen) atoms. The van der Waals surface area contributed by atoms with E-state index in [4.69, 9.17) is 32.7 Å². The predicted molar refractivity (Wildman–Crippen MR) is 110 cm³/mol. The van der Waals surface area contributed by atoms with E-state index in [2.05, 4.69) is 10.2 Å². The van der Waals surface area contributed by atoms with Crippen LogP contribution < -0.4 is 10.1 Å². The van der Waals surface area contributed by atoms with Gasteiger partial charge < -0.3 is 14.8 Å². The Labute approximate surface area is 177 Å². The van der Waals surface area contributed by atoms with Gasteiger partial charge in [0.1, 0.15) is 12.4 Å². The van der Waals surface area contributed by atoms with E-state index in [0.29, 0.717) is 37.1 Å². The minimum Gasteiger partial charge on any atom is -0.491 e. The Morgan fingerprint density at radius 3 is 2.66 bits per heavy atom. The molecule has 10 heteroatoms. The molecule has 2 aromatic rings. The van der Waals surface area contributed by atoms with E-state index in [-0.39, 0.29) is 22.0 Å². The lowest BCUT2D eigenvalue weighted by molar-refractivity contribution is -0.384. The summed E-state index contributed by atoms with van der Waals surface area (Å²) in [4.78, 5) is 25.2. The molecule has 1 heterocycles. The topological polar surface area (TPSA) is 93.9 Å². The summed E-state index contributed by atoms with van der Waals surface area (Å²) in [5.41, 5.74) is 0.332. The minimum absolute atomic E-state index is 0.0596. The number of halogens is 2. The highest BCUT2D eigenvalue weighted by molar-refractivity contribution is 6.34. The van der Waals surface area contributed by atoms with Crippen LogP contribution in [0.3, 0.4) is 0 Å². The summed E-state index contributed by atoms with van der Waals surface area (Å²) in [7, 11) is 0. The molecule has 0 saturated carbocycles. The van der Waals surface area contributed by atoms with Crippen molar-refractivity contribution in [3.63, 3.8) is 0 Å². The Hall–Kier alpha value is -2.39. The predicted octanol–water partition coefficient (Wildman–Crippen LogP) is 3.86. The molecular weight excluding hydrogens is 421 g/mol. The zero-order valence-electron chi connectivity index (χ0n) is 15.4. The molecule has 0 atom stereocenters. The number of ether oxygens (including phenoxy) is 2. The molecule has 0 spiro atoms. The van der Waals surface area contributed by atoms with E-state index < -0.39 is 10.8 Å². The molecule has 1 saturated heterocycles. The van der Waals surface area contributed by atoms with Crippen LogP contribution >= 0.6 is 23.2 Å². The van der Waals surface area contributed by atoms with Crippen LogP contribution in [-0.2, 0) is 4.74 Å². The third-order valence-electron chi connectivity index (χ3n) is 4.37. The molecular formula is C19H19Cl2N3O5. The van der Waals surface area contributed by atoms with Gasteiger partial charge in [-0.3, -0.25) is 19.8 Å². The van der Waals surface area contributed by atoms with Gasteiger partial charge in [0.25, 0.3) is 11.6 Å². The van der Waals surface area contributed by atoms with Gasteiger partial charge in [-0.2, -0.15) is 0 Å². The molecule has 1 aliphatic rings. The smallest absolute Gasteiger partial charge is 0.271 e. The van der Waals surface area contributed by atoms with E-state index in [1.54, 1.807) is 12.1 Å². The molecule has 0 radical (unpaired) electrons. The zero-order valence-corrected chi connectivity index (χ0v) is 16.9. The summed E-state index contributed by atoms with van der Waals surface area (Å²) in [6.07, 6.45) is 0. The third kappa shape index (κ3) is 5.80. The first-order valence-electron chi connectivity index (χ1n) is 8.92. The molecule has 1 aliphatic heterocycles. The zero-order chi connectivity index (χ0) is 20.8. The van der Waals surface area contributed by atoms with Gasteiger partial charge in [-0.15, -0.1) is 0 Å². The van der Waals surface area contributed by atoms with Gasteiger partial charge in [-0.05, 0) is 24.3 Å². The number of nitrogens with one attached hydrogen (secondary N) is 1. The normalized spacial score (nSPS) is 14.4. The van der Waals surface area contributed by atoms with Crippen LogP contribution in [0.5, 0.6) is 5.75 Å². The molecule has 8 nitrogen and oxygen atoms in total. The van der Waals surface area contributed by atoms with Crippen LogP contribution in [0, 0.1) is 10.1 Å². The Bertz CT molecular complexity index is 903. The third-order valence-corrected chi connectivity index (χ3v) is 4.91. The number of nitro benzene ring substituents is 1. The highest BCUT2D eigenvalue weighted by Gasteiger charge is 2.17. The van der Waals surface area contributed by atoms with Gasteiger partial charge in [-0.25, -0.2) is 0 Å². The lowest BCUT2D eigenvalue weighted by Crippen LogP contribution is -2.38. The van der Waals surface area contributed by atoms with Crippen LogP contribution in [0.2, 0.25) is 10.0 Å². The van der Waals surface area contributed by atoms with Gasteiger partial charge in [0.2, 0.25) is 0 Å². The summed E-state index contributed by atoms with van der Waals surface area (Å²) in [6.45, 7) is 4.20. The van der Waals surface area contributed by atoms with Crippen LogP contribution in [0.4, 0.5) is 11.4 Å². The summed E-state index contributed by atoms with van der Waals surface area (Å²) >= 11 is 12.1. The van der Waals surface area contributed by atoms with E-state index in [1.165, 1.54) is 24.3 Å². The van der Waals surface area contributed by atoms with Crippen molar-refractivity contribution in [3.8, 4) is 5.75 Å². The quantitative estimate of drug-likeness (QED) is 0.519. The fraction of sp³-hybridized carbons (Fsp3) is 0.316. The van der Waals surface area contributed by atoms with E-state index in [9.17, 15) is 14.9 Å². The largest absolute Gasteiger partial charge is 0.491 e. The van der Waals surface area contributed by atoms with E-state index in [0.717, 1.165) is 13.1 Å². The number of carbonyl (C=O) groups excluding carboxylic acids is 1. The van der Waals surface area contributed by atoms with Crippen LogP contribution in [0.15, 0.2) is 36.4 Å². The van der Waals surface area contributed by atoms with Crippen molar-refractivity contribution in [2.24, 2.45) is 0 Å². The summed E-state index contributed by atoms with van der Waals surface area (Å²) in [5, 5.41) is 13.9. The van der Waals surface area contributed by atoms with E-state index >= 15 is 0 Å². The summed E-state index contributed by atoms with van der Waals surface area (Å²) in [6, 6.07) is 8.59. The van der Waals surface area contributed by atoms with Crippen molar-refractivity contribution < 1.29 is 19.2 Å². The minimum atomic E-state index is -0.561. The number of morpholine rings is 1. The highest BCUT2D eigenvalue weighted by atomic mass is 35.5. The van der Waals surface area contributed by atoms with Gasteiger partial charge in [0.15, 0.2) is 0 Å². The number of benzene rings is 2. The van der Waals surface area contributed by atoms with Crippen molar-refractivity contribution in [2.75, 3.05) is 44.8 Å². The number of non-ortho nitro benzene ring substituents is 1. The Morgan fingerprint density at radius 1 is 1.21 bits per heavy atom. The second kappa shape index (κ2) is 9.89. The maximum Gasteiger partial charge on any atom is 0.271 e. The van der Waals surface area contributed by atoms with Gasteiger partial charge in [0, 0.05) is 36.8 Å². The Kier molecular flexibility index (Phi) is 7.27. The maximum absolute atomic E-state index is 12.8. The van der Waals surface area contributed by atoms with Crippen molar-refractivity contribution in [1.82, 2.24) is 4.90 Å². The van der Waals surface area contributed by atoms with Gasteiger partial charge in [0.05, 0.1) is 34.4 Å². The molecule has 154 valence electrons. The summed E-state index contributed by atoms with van der Waals surface area (Å²) in [5.74, 6) is -0.0946. The number of hydrogen-bond acceptors (Lipinski definition) is 6. The molecule has 0 unspecified atom stereocenters. The molecule has 1 fully saturated rings. The lowest BCUT2D eigenvalue weighted by atomic mass is 10.1. The Balaban J connectivity index is 1.69. The molecule has 2 aromatic carbocycles. The van der Waals surface area contributed by atoms with Crippen LogP contribution in [0.25, 0.3) is 0 Å². The molecule has 0 bridgehead atoms. The standard InChI is InChI=1S/C19H19Cl2N3O5/c20-13-1-4-18(29-10-7-23-5-8-28-9-6-23)15(11-13)19(25)22-17-3-2-14(24(26)27)12-16(17)21/h1-4,11-12H,5-10H2,(H,22,25). The van der Waals surface area contributed by atoms with Crippen LogP contribution in [-0.4, -0.2) is 55.2 Å². The number of amides is 1. The number of hydrogen-bond donors (Lipinski definition) is 1. The SMILES string of the molecule is O=C(Nc1ccc([N+](=O)[O-])cc1Cl)c1cc(Cl)ccc1OCCN1CCOCC1. The second-order valence-corrected chi connectivity index (χ2v) is 7.16. The fourth-order valence-electron chi connectivity index (χ4n) is 2.82. The molecule has 0 aliphatic carbocycles. The number of carbonyl (C=O) groups is 1. The van der Waals surface area contributed by atoms with Crippen LogP contribution in [0.1, 0.15) is 10.4 Å². The summed E-state index contributed by atoms with van der Waals surface area (Å²) < 4.78 is 11.1. The average Bonchev–Trinajstić information content (AvgIpc) is 2.71. The molecule has 0 aromatic heterocycles. The van der Waals surface area contributed by atoms with Crippen molar-refractivity contribution in [1.29, 1.82) is 0 Å². The molecule has 1 amide bonds. The maximum atomic E-state index is 12.8. The first kappa shape index (κ1) is 21.3. The van der Waals surface area contributed by atoms with Crippen molar-refractivity contribution >= 4 is 40.5 Å². The second-order valence-electron chi connectivity index (χ2n) is 6.32. The number of anilines is 1. The molecule has 1 N–H and O–H groups in total.